The Morgan fingerprint density at radius 3 is 1.57 bits per heavy atom. The van der Waals surface area contributed by atoms with Crippen molar-refractivity contribution < 1.29 is 48.4 Å². The van der Waals surface area contributed by atoms with Gasteiger partial charge in [0.15, 0.2) is 0 Å². The molecule has 0 aromatic rings. The maximum atomic E-state index is 8.44. The van der Waals surface area contributed by atoms with E-state index in [0.717, 1.165) is 0 Å². The first-order valence-corrected chi connectivity index (χ1v) is 1.50. The Labute approximate surface area is 70.4 Å². The van der Waals surface area contributed by atoms with Crippen LogP contribution in [0.1, 0.15) is 0 Å². The van der Waals surface area contributed by atoms with Crippen LogP contribution in [-0.2, 0) is 3.80 Å². The molecule has 0 spiro atoms. The standard InChI is InChI=1S/CH2O3.Al.Na.O.H/c2-1(3)4;;;;/h(H2,2,3,4);;;;/q;;+1;;/p-1. The quantitative estimate of drug-likeness (QED) is 0.332. The summed E-state index contributed by atoms with van der Waals surface area (Å²) in [4.78, 5) is 8.44. The summed E-state index contributed by atoms with van der Waals surface area (Å²) in [5.74, 6) is 0. The van der Waals surface area contributed by atoms with Crippen LogP contribution in [0.2, 0.25) is 0 Å². The van der Waals surface area contributed by atoms with Crippen LogP contribution in [0, 0.1) is 0 Å². The van der Waals surface area contributed by atoms with E-state index in [1.165, 1.54) is 0 Å². The average Bonchev–Trinajstić information content (AvgIpc) is 1.41. The Kier molecular flexibility index (Phi) is 35.7. The van der Waals surface area contributed by atoms with E-state index in [9.17, 15) is 0 Å². The molecule has 0 aliphatic rings. The third-order valence-corrected chi connectivity index (χ3v) is 0. The van der Waals surface area contributed by atoms with Gasteiger partial charge in [-0.25, -0.2) is 0 Å². The molecule has 0 amide bonds. The van der Waals surface area contributed by atoms with Gasteiger partial charge in [0.05, 0.1) is 0 Å². The van der Waals surface area contributed by atoms with Crippen LogP contribution in [0.4, 0.5) is 4.79 Å². The van der Waals surface area contributed by atoms with Crippen molar-refractivity contribution in [2.75, 3.05) is 0 Å². The normalized spacial score (nSPS) is 3.86. The van der Waals surface area contributed by atoms with Gasteiger partial charge in [-0.05, 0) is 0 Å². The van der Waals surface area contributed by atoms with Gasteiger partial charge in [-0.2, -0.15) is 0 Å². The zero-order valence-corrected chi connectivity index (χ0v) is 7.29. The van der Waals surface area contributed by atoms with E-state index in [2.05, 4.69) is 0 Å². The van der Waals surface area contributed by atoms with E-state index in [-0.39, 0.29) is 29.6 Å². The Hall–Kier alpha value is 0.602. The Morgan fingerprint density at radius 1 is 1.57 bits per heavy atom. The first kappa shape index (κ1) is 15.6. The molecule has 1 N–H and O–H groups in total. The predicted molar refractivity (Wildman–Crippen MR) is 15.9 cm³/mol. The molecule has 4 nitrogen and oxygen atoms in total. The monoisotopic (exact) mass is 128 g/mol. The number of carboxylic acid groups (broad SMARTS) is 2. The molecule has 0 saturated carbocycles. The maximum absolute atomic E-state index is 8.44. The molecule has 0 aromatic carbocycles. The van der Waals surface area contributed by atoms with Gasteiger partial charge >= 0.3 is 49.6 Å². The second-order valence-corrected chi connectivity index (χ2v) is 0.266. The van der Waals surface area contributed by atoms with E-state index in [1.807, 2.05) is 0 Å². The number of carbonyl (C=O) groups is 1. The zero-order valence-electron chi connectivity index (χ0n) is 3.88. The van der Waals surface area contributed by atoms with Crippen LogP contribution in [0.5, 0.6) is 0 Å². The SMILES string of the molecule is O=C([O-])O.[Na+].[O]=[AlH]. The van der Waals surface area contributed by atoms with Gasteiger partial charge in [0.1, 0.15) is 0 Å². The van der Waals surface area contributed by atoms with Gasteiger partial charge < -0.3 is 15.0 Å². The van der Waals surface area contributed by atoms with Crippen LogP contribution in [0.3, 0.4) is 0 Å². The molecule has 34 valence electrons. The molecule has 0 fully saturated rings. The summed E-state index contributed by atoms with van der Waals surface area (Å²) in [6.07, 6.45) is -2.08. The van der Waals surface area contributed by atoms with Gasteiger partial charge in [0.2, 0.25) is 6.16 Å². The summed E-state index contributed by atoms with van der Waals surface area (Å²) in [7, 11) is 0. The number of rotatable bonds is 0. The molecule has 6 heteroatoms. The molecular weight excluding hydrogens is 126 g/mol. The van der Waals surface area contributed by atoms with Crippen molar-refractivity contribution in [1.29, 1.82) is 0 Å². The molecule has 0 aliphatic carbocycles. The summed E-state index contributed by atoms with van der Waals surface area (Å²) < 4.78 is 8.28. The number of hydrogen-bond acceptors (Lipinski definition) is 3. The Morgan fingerprint density at radius 2 is 1.57 bits per heavy atom. The van der Waals surface area contributed by atoms with Crippen molar-refractivity contribution in [3.05, 3.63) is 0 Å². The van der Waals surface area contributed by atoms with Crippen molar-refractivity contribution >= 4 is 22.4 Å². The van der Waals surface area contributed by atoms with Gasteiger partial charge in [0, 0.05) is 0 Å². The van der Waals surface area contributed by atoms with Gasteiger partial charge in [-0.1, -0.05) is 0 Å². The Bertz CT molecular complexity index is 43.0. The molecule has 0 heterocycles. The molecule has 0 radical (unpaired) electrons. The minimum absolute atomic E-state index is 0. The van der Waals surface area contributed by atoms with Crippen LogP contribution >= 0.6 is 0 Å². The second kappa shape index (κ2) is 16.0. The third-order valence-electron chi connectivity index (χ3n) is 0. The van der Waals surface area contributed by atoms with Crippen LogP contribution < -0.4 is 34.7 Å². The van der Waals surface area contributed by atoms with Crippen molar-refractivity contribution in [3.8, 4) is 0 Å². The van der Waals surface area contributed by atoms with Gasteiger partial charge in [-0.3, -0.25) is 0 Å². The first-order chi connectivity index (χ1) is 2.73. The summed E-state index contributed by atoms with van der Waals surface area (Å²) in [6, 6.07) is 0. The summed E-state index contributed by atoms with van der Waals surface area (Å²) in [5, 5.41) is 15.3. The predicted octanol–water partition coefficient (Wildman–Crippen LogP) is -4.88. The molecule has 0 rings (SSSR count). The molecule has 7 heavy (non-hydrogen) atoms. The third kappa shape index (κ3) is 385. The Balaban J connectivity index is -0.0000000480. The van der Waals surface area contributed by atoms with Crippen molar-refractivity contribution in [3.63, 3.8) is 0 Å². The fraction of sp³-hybridized carbons (Fsp3) is 0. The average molecular weight is 128 g/mol. The molecule has 0 aromatic heterocycles. The van der Waals surface area contributed by atoms with Crippen LogP contribution in [0.15, 0.2) is 0 Å². The first-order valence-electron chi connectivity index (χ1n) is 0.921. The van der Waals surface area contributed by atoms with Crippen LogP contribution in [0.25, 0.3) is 0 Å². The zero-order chi connectivity index (χ0) is 5.58. The van der Waals surface area contributed by atoms with Gasteiger partial charge in [-0.15, -0.1) is 0 Å². The number of hydrogen-bond donors (Lipinski definition) is 1. The molecule has 0 atom stereocenters. The summed E-state index contributed by atoms with van der Waals surface area (Å²) >= 11 is 0.611. The molecule has 0 aliphatic heterocycles. The molecular formula is CH2AlNaO4. The fourth-order valence-electron chi connectivity index (χ4n) is 0. The summed E-state index contributed by atoms with van der Waals surface area (Å²) in [5.41, 5.74) is 0. The van der Waals surface area contributed by atoms with Gasteiger partial charge in [0.25, 0.3) is 0 Å². The summed E-state index contributed by atoms with van der Waals surface area (Å²) in [6.45, 7) is 0. The minimum atomic E-state index is -2.08. The van der Waals surface area contributed by atoms with E-state index in [0.29, 0.717) is 16.2 Å². The van der Waals surface area contributed by atoms with Crippen molar-refractivity contribution in [2.24, 2.45) is 0 Å². The molecule has 0 unspecified atom stereocenters. The van der Waals surface area contributed by atoms with E-state index in [1.54, 1.807) is 0 Å². The van der Waals surface area contributed by atoms with E-state index >= 15 is 0 Å². The van der Waals surface area contributed by atoms with E-state index in [4.69, 9.17) is 18.8 Å². The fourth-order valence-corrected chi connectivity index (χ4v) is 0. The topological polar surface area (TPSA) is 77.4 Å². The van der Waals surface area contributed by atoms with Crippen molar-refractivity contribution in [2.45, 2.75) is 0 Å². The molecule has 0 bridgehead atoms. The van der Waals surface area contributed by atoms with E-state index < -0.39 is 6.16 Å². The molecule has 0 saturated heterocycles. The second-order valence-electron chi connectivity index (χ2n) is 0.266. The van der Waals surface area contributed by atoms with Crippen LogP contribution in [-0.4, -0.2) is 27.5 Å². The van der Waals surface area contributed by atoms with Crippen molar-refractivity contribution in [1.82, 2.24) is 0 Å².